The van der Waals surface area contributed by atoms with E-state index < -0.39 is 6.92 Å². The van der Waals surface area contributed by atoms with Gasteiger partial charge in [-0.3, -0.25) is 4.79 Å². The lowest BCUT2D eigenvalue weighted by molar-refractivity contribution is -0.148. The Bertz CT molecular complexity index is 817. The first kappa shape index (κ1) is 24.4. The predicted molar refractivity (Wildman–Crippen MR) is 121 cm³/mol. The minimum atomic E-state index is -0.465. The number of hydrogen-bond acceptors (Lipinski definition) is 4. The number of carbonyl (C=O) groups is 1. The predicted octanol–water partition coefficient (Wildman–Crippen LogP) is 4.71. The summed E-state index contributed by atoms with van der Waals surface area (Å²) in [5.41, 5.74) is 2.29. The Labute approximate surface area is 183 Å². The smallest absolute Gasteiger partial charge is 0.310 e. The lowest BCUT2D eigenvalue weighted by Gasteiger charge is -2.23. The van der Waals surface area contributed by atoms with E-state index in [0.29, 0.717) is 42.9 Å². The van der Waals surface area contributed by atoms with Crippen molar-refractivity contribution in [3.05, 3.63) is 58.9 Å². The highest BCUT2D eigenvalue weighted by Gasteiger charge is 2.25. The SMILES string of the molecule is CCOC(=O)[C@H](CNC)C[C@H](CB(C)O)Cc1ccc(-c2cc(Cl)ccc2F)cc1. The topological polar surface area (TPSA) is 58.6 Å². The van der Waals surface area contributed by atoms with Gasteiger partial charge in [0.05, 0.1) is 12.5 Å². The van der Waals surface area contributed by atoms with E-state index in [1.165, 1.54) is 12.1 Å². The van der Waals surface area contributed by atoms with E-state index in [2.05, 4.69) is 5.32 Å². The first-order chi connectivity index (χ1) is 14.3. The Morgan fingerprint density at radius 3 is 2.57 bits per heavy atom. The Morgan fingerprint density at radius 1 is 1.27 bits per heavy atom. The van der Waals surface area contributed by atoms with Crippen LogP contribution in [-0.2, 0) is 16.0 Å². The van der Waals surface area contributed by atoms with Gasteiger partial charge in [-0.05, 0) is 68.4 Å². The van der Waals surface area contributed by atoms with Crippen molar-refractivity contribution in [2.45, 2.75) is 32.9 Å². The largest absolute Gasteiger partial charge is 0.466 e. The van der Waals surface area contributed by atoms with Crippen LogP contribution < -0.4 is 5.32 Å². The van der Waals surface area contributed by atoms with Crippen molar-refractivity contribution >= 4 is 24.5 Å². The summed E-state index contributed by atoms with van der Waals surface area (Å²) in [6.07, 6.45) is 1.92. The molecule has 2 aromatic rings. The van der Waals surface area contributed by atoms with E-state index in [-0.39, 0.29) is 23.6 Å². The molecule has 4 nitrogen and oxygen atoms in total. The fourth-order valence-corrected chi connectivity index (χ4v) is 3.96. The zero-order valence-electron chi connectivity index (χ0n) is 17.8. The average Bonchev–Trinajstić information content (AvgIpc) is 2.70. The van der Waals surface area contributed by atoms with E-state index in [9.17, 15) is 14.2 Å². The molecule has 0 radical (unpaired) electrons. The number of rotatable bonds is 11. The van der Waals surface area contributed by atoms with Crippen LogP contribution in [0.4, 0.5) is 4.39 Å². The molecular weight excluding hydrogens is 404 g/mol. The van der Waals surface area contributed by atoms with Crippen molar-refractivity contribution in [2.75, 3.05) is 20.2 Å². The van der Waals surface area contributed by atoms with Crippen LogP contribution in [0.1, 0.15) is 18.9 Å². The molecule has 0 bridgehead atoms. The standard InChI is InChI=1S/C23H30BClFNO3/c1-4-30-23(28)19(15-27-3)12-17(14-24(2)29)11-16-5-7-18(8-6-16)21-13-20(25)9-10-22(21)26/h5-10,13,17,19,27,29H,4,11-12,14-15H2,1-3H3/t17-,19+/m1/s1. The van der Waals surface area contributed by atoms with Crippen molar-refractivity contribution in [1.29, 1.82) is 0 Å². The Balaban J connectivity index is 2.15. The molecule has 2 N–H and O–H groups in total. The first-order valence-corrected chi connectivity index (χ1v) is 10.8. The second-order valence-electron chi connectivity index (χ2n) is 7.72. The lowest BCUT2D eigenvalue weighted by atomic mass is 9.62. The van der Waals surface area contributed by atoms with E-state index in [1.54, 1.807) is 19.8 Å². The summed E-state index contributed by atoms with van der Waals surface area (Å²) in [6.45, 7) is 3.97. The number of ether oxygens (including phenoxy) is 1. The molecular formula is C23H30BClFNO3. The molecule has 2 rings (SSSR count). The fourth-order valence-electron chi connectivity index (χ4n) is 3.79. The minimum Gasteiger partial charge on any atom is -0.466 e. The fraction of sp³-hybridized carbons (Fsp3) is 0.435. The summed E-state index contributed by atoms with van der Waals surface area (Å²) in [5.74, 6) is -0.683. The van der Waals surface area contributed by atoms with Gasteiger partial charge in [0.2, 0.25) is 0 Å². The van der Waals surface area contributed by atoms with Crippen LogP contribution in [0.5, 0.6) is 0 Å². The van der Waals surface area contributed by atoms with Gasteiger partial charge in [-0.25, -0.2) is 4.39 Å². The highest BCUT2D eigenvalue weighted by atomic mass is 35.5. The molecule has 0 spiro atoms. The van der Waals surface area contributed by atoms with E-state index in [0.717, 1.165) is 11.1 Å². The summed E-state index contributed by atoms with van der Waals surface area (Å²) in [5, 5.41) is 13.5. The second-order valence-corrected chi connectivity index (χ2v) is 8.15. The summed E-state index contributed by atoms with van der Waals surface area (Å²) in [7, 11) is 1.81. The van der Waals surface area contributed by atoms with Crippen LogP contribution in [-0.4, -0.2) is 38.1 Å². The quantitative estimate of drug-likeness (QED) is 0.398. The highest BCUT2D eigenvalue weighted by molar-refractivity contribution is 6.48. The van der Waals surface area contributed by atoms with Gasteiger partial charge in [0.25, 0.3) is 6.92 Å². The molecule has 0 aliphatic heterocycles. The molecule has 2 aromatic carbocycles. The van der Waals surface area contributed by atoms with Gasteiger partial charge in [-0.1, -0.05) is 42.7 Å². The molecule has 7 heteroatoms. The second kappa shape index (κ2) is 12.1. The number of esters is 1. The van der Waals surface area contributed by atoms with Gasteiger partial charge < -0.3 is 15.1 Å². The normalized spacial score (nSPS) is 13.0. The maximum Gasteiger partial charge on any atom is 0.310 e. The monoisotopic (exact) mass is 433 g/mol. The zero-order chi connectivity index (χ0) is 22.1. The van der Waals surface area contributed by atoms with Gasteiger partial charge in [0.15, 0.2) is 0 Å². The number of carbonyl (C=O) groups excluding carboxylic acids is 1. The summed E-state index contributed by atoms with van der Waals surface area (Å²) < 4.78 is 19.3. The average molecular weight is 434 g/mol. The van der Waals surface area contributed by atoms with Gasteiger partial charge >= 0.3 is 5.97 Å². The van der Waals surface area contributed by atoms with Crippen molar-refractivity contribution in [2.24, 2.45) is 11.8 Å². The molecule has 0 aliphatic carbocycles. The Hall–Kier alpha value is -1.89. The molecule has 30 heavy (non-hydrogen) atoms. The van der Waals surface area contributed by atoms with E-state index >= 15 is 0 Å². The first-order valence-electron chi connectivity index (χ1n) is 10.4. The Morgan fingerprint density at radius 2 is 1.97 bits per heavy atom. The number of halogens is 2. The number of benzene rings is 2. The summed E-state index contributed by atoms with van der Waals surface area (Å²) in [6, 6.07) is 12.2. The lowest BCUT2D eigenvalue weighted by Crippen LogP contribution is -2.31. The molecule has 0 aromatic heterocycles. The third kappa shape index (κ3) is 7.42. The molecule has 0 saturated heterocycles. The molecule has 162 valence electrons. The molecule has 0 amide bonds. The molecule has 2 atom stereocenters. The van der Waals surface area contributed by atoms with Gasteiger partial charge in [0.1, 0.15) is 5.82 Å². The van der Waals surface area contributed by atoms with Crippen LogP contribution >= 0.6 is 11.6 Å². The van der Waals surface area contributed by atoms with Crippen LogP contribution in [0.25, 0.3) is 11.1 Å². The van der Waals surface area contributed by atoms with Crippen molar-refractivity contribution in [3.8, 4) is 11.1 Å². The zero-order valence-corrected chi connectivity index (χ0v) is 18.6. The van der Waals surface area contributed by atoms with E-state index in [4.69, 9.17) is 16.3 Å². The molecule has 0 saturated carbocycles. The van der Waals surface area contributed by atoms with Gasteiger partial charge in [-0.15, -0.1) is 0 Å². The third-order valence-electron chi connectivity index (χ3n) is 5.08. The van der Waals surface area contributed by atoms with Crippen molar-refractivity contribution in [3.63, 3.8) is 0 Å². The van der Waals surface area contributed by atoms with Gasteiger partial charge in [0, 0.05) is 17.1 Å². The number of nitrogens with one attached hydrogen (secondary N) is 1. The Kier molecular flexibility index (Phi) is 9.82. The van der Waals surface area contributed by atoms with Crippen molar-refractivity contribution in [1.82, 2.24) is 5.32 Å². The summed E-state index contributed by atoms with van der Waals surface area (Å²) >= 11 is 6.00. The van der Waals surface area contributed by atoms with Gasteiger partial charge in [-0.2, -0.15) is 0 Å². The van der Waals surface area contributed by atoms with Crippen LogP contribution in [0.3, 0.4) is 0 Å². The molecule has 0 heterocycles. The summed E-state index contributed by atoms with van der Waals surface area (Å²) in [4.78, 5) is 12.3. The highest BCUT2D eigenvalue weighted by Crippen LogP contribution is 2.28. The molecule has 0 unspecified atom stereocenters. The number of hydrogen-bond donors (Lipinski definition) is 2. The van der Waals surface area contributed by atoms with E-state index in [1.807, 2.05) is 31.3 Å². The minimum absolute atomic E-state index is 0.113. The maximum atomic E-state index is 14.1. The van der Waals surface area contributed by atoms with Crippen LogP contribution in [0, 0.1) is 17.7 Å². The van der Waals surface area contributed by atoms with Crippen molar-refractivity contribution < 1.29 is 18.9 Å². The van der Waals surface area contributed by atoms with Crippen LogP contribution in [0.15, 0.2) is 42.5 Å². The molecule has 0 aliphatic rings. The maximum absolute atomic E-state index is 14.1. The third-order valence-corrected chi connectivity index (χ3v) is 5.32. The molecule has 0 fully saturated rings. The van der Waals surface area contributed by atoms with Crippen LogP contribution in [0.2, 0.25) is 18.2 Å².